The maximum atomic E-state index is 3.67. The average molecular weight is 184 g/mol. The highest BCUT2D eigenvalue weighted by atomic mass is 14.5. The van der Waals surface area contributed by atoms with Crippen molar-refractivity contribution in [1.29, 1.82) is 0 Å². The highest BCUT2D eigenvalue weighted by molar-refractivity contribution is 4.91. The zero-order valence-electron chi connectivity index (χ0n) is 10.7. The molecule has 13 heavy (non-hydrogen) atoms. The third-order valence-corrected chi connectivity index (χ3v) is 2.61. The summed E-state index contributed by atoms with van der Waals surface area (Å²) in [4.78, 5) is 0. The molecule has 0 heterocycles. The second kappa shape index (κ2) is 7.17. The molecule has 0 aromatic heterocycles. The van der Waals surface area contributed by atoms with E-state index in [4.69, 9.17) is 0 Å². The zero-order valence-corrected chi connectivity index (χ0v) is 10.7. The van der Waals surface area contributed by atoms with Crippen molar-refractivity contribution in [3.8, 4) is 0 Å². The average Bonchev–Trinajstić information content (AvgIpc) is 2.61. The van der Waals surface area contributed by atoms with Gasteiger partial charge in [0, 0.05) is 0 Å². The Hall–Kier alpha value is -0.260. The van der Waals surface area contributed by atoms with Crippen LogP contribution in [0, 0.1) is 11.3 Å². The van der Waals surface area contributed by atoms with E-state index >= 15 is 0 Å². The fourth-order valence-electron chi connectivity index (χ4n) is 0.730. The molecule has 1 rings (SSSR count). The zero-order chi connectivity index (χ0) is 11.1. The van der Waals surface area contributed by atoms with E-state index in [-0.39, 0.29) is 0 Å². The van der Waals surface area contributed by atoms with Crippen LogP contribution in [0.25, 0.3) is 0 Å². The Balaban J connectivity index is 0. The van der Waals surface area contributed by atoms with Gasteiger partial charge >= 0.3 is 0 Å². The Morgan fingerprint density at radius 1 is 1.38 bits per heavy atom. The van der Waals surface area contributed by atoms with Crippen LogP contribution in [0.2, 0.25) is 0 Å². The minimum absolute atomic E-state index is 0.708. The highest BCUT2D eigenvalue weighted by Crippen LogP contribution is 2.50. The molecule has 1 aliphatic carbocycles. The van der Waals surface area contributed by atoms with E-state index in [1.165, 1.54) is 12.0 Å². The summed E-state index contributed by atoms with van der Waals surface area (Å²) in [5.41, 5.74) is 1.96. The van der Waals surface area contributed by atoms with Crippen molar-refractivity contribution in [2.75, 3.05) is 0 Å². The van der Waals surface area contributed by atoms with E-state index < -0.39 is 0 Å². The predicted octanol–water partition coefficient (Wildman–Crippen LogP) is 5.05. The predicted molar refractivity (Wildman–Crippen MR) is 64.0 cm³/mol. The molecule has 0 nitrogen and oxygen atoms in total. The van der Waals surface area contributed by atoms with Gasteiger partial charge in [0.25, 0.3) is 0 Å². The molecule has 1 saturated carbocycles. The molecule has 0 bridgehead atoms. The largest absolute Gasteiger partial charge is 0.100 e. The highest BCUT2D eigenvalue weighted by Gasteiger charge is 2.41. The van der Waals surface area contributed by atoms with Gasteiger partial charge in [-0.25, -0.2) is 0 Å². The molecule has 0 aromatic rings. The molecule has 1 fully saturated rings. The van der Waals surface area contributed by atoms with Crippen LogP contribution in [0.1, 0.15) is 61.3 Å². The van der Waals surface area contributed by atoms with E-state index in [9.17, 15) is 0 Å². The first-order valence-electron chi connectivity index (χ1n) is 5.54. The molecule has 0 aliphatic heterocycles. The maximum absolute atomic E-state index is 3.67. The summed E-state index contributed by atoms with van der Waals surface area (Å²) in [6.07, 6.45) is 2.55. The van der Waals surface area contributed by atoms with Gasteiger partial charge in [-0.05, 0) is 31.1 Å². The van der Waals surface area contributed by atoms with Crippen molar-refractivity contribution in [2.45, 2.75) is 61.3 Å². The van der Waals surface area contributed by atoms with Gasteiger partial charge in [-0.1, -0.05) is 47.1 Å². The normalized spacial score (nSPS) is 21.6. The van der Waals surface area contributed by atoms with Gasteiger partial charge < -0.3 is 0 Å². The van der Waals surface area contributed by atoms with Crippen molar-refractivity contribution in [3.63, 3.8) is 0 Å². The fraction of sp³-hybridized carbons (Fsp3) is 0.846. The SMILES string of the molecule is C=C(C)CC.CC.CC1CC1(C)C. The van der Waals surface area contributed by atoms with Crippen LogP contribution < -0.4 is 0 Å². The summed E-state index contributed by atoms with van der Waals surface area (Å²) in [7, 11) is 0. The first kappa shape index (κ1) is 15.2. The molecular formula is C13H28. The quantitative estimate of drug-likeness (QED) is 0.500. The van der Waals surface area contributed by atoms with Crippen molar-refractivity contribution < 1.29 is 0 Å². The molecule has 1 unspecified atom stereocenters. The molecule has 0 N–H and O–H groups in total. The van der Waals surface area contributed by atoms with Crippen LogP contribution in [-0.4, -0.2) is 0 Å². The van der Waals surface area contributed by atoms with Crippen LogP contribution in [0.15, 0.2) is 12.2 Å². The van der Waals surface area contributed by atoms with E-state index in [2.05, 4.69) is 34.3 Å². The van der Waals surface area contributed by atoms with Crippen molar-refractivity contribution in [2.24, 2.45) is 11.3 Å². The maximum Gasteiger partial charge on any atom is -0.0326 e. The summed E-state index contributed by atoms with van der Waals surface area (Å²) in [6.45, 7) is 18.7. The van der Waals surface area contributed by atoms with Gasteiger partial charge in [0.1, 0.15) is 0 Å². The lowest BCUT2D eigenvalue weighted by atomic mass is 10.1. The monoisotopic (exact) mass is 184 g/mol. The standard InChI is InChI=1S/C6H12.C5H10.C2H6/c1-5-4-6(5,2)3;1-4-5(2)3;1-2/h5H,4H2,1-3H3;2,4H2,1,3H3;1-2H3. The number of allylic oxidation sites excluding steroid dienone is 1. The van der Waals surface area contributed by atoms with Gasteiger partial charge in [-0.2, -0.15) is 0 Å². The Bertz CT molecular complexity index is 131. The van der Waals surface area contributed by atoms with E-state index in [0.29, 0.717) is 5.41 Å². The van der Waals surface area contributed by atoms with Crippen LogP contribution >= 0.6 is 0 Å². The molecule has 1 atom stereocenters. The third-order valence-electron chi connectivity index (χ3n) is 2.61. The third kappa shape index (κ3) is 9.66. The van der Waals surface area contributed by atoms with Crippen molar-refractivity contribution in [1.82, 2.24) is 0 Å². The molecule has 0 heteroatoms. The van der Waals surface area contributed by atoms with Gasteiger partial charge in [0.05, 0.1) is 0 Å². The summed E-state index contributed by atoms with van der Waals surface area (Å²) >= 11 is 0. The van der Waals surface area contributed by atoms with E-state index in [1.807, 2.05) is 20.8 Å². The minimum atomic E-state index is 0.708. The lowest BCUT2D eigenvalue weighted by Crippen LogP contribution is -1.82. The number of hydrogen-bond acceptors (Lipinski definition) is 0. The van der Waals surface area contributed by atoms with Gasteiger partial charge in [0.2, 0.25) is 0 Å². The Kier molecular flexibility index (Phi) is 8.40. The van der Waals surface area contributed by atoms with E-state index in [0.717, 1.165) is 12.3 Å². The van der Waals surface area contributed by atoms with Crippen molar-refractivity contribution >= 4 is 0 Å². The first-order valence-corrected chi connectivity index (χ1v) is 5.54. The van der Waals surface area contributed by atoms with Crippen LogP contribution in [0.3, 0.4) is 0 Å². The Morgan fingerprint density at radius 3 is 1.54 bits per heavy atom. The van der Waals surface area contributed by atoms with Gasteiger partial charge in [-0.15, -0.1) is 6.58 Å². The van der Waals surface area contributed by atoms with Gasteiger partial charge in [-0.3, -0.25) is 0 Å². The topological polar surface area (TPSA) is 0 Å². The molecule has 80 valence electrons. The van der Waals surface area contributed by atoms with Crippen molar-refractivity contribution in [3.05, 3.63) is 12.2 Å². The Morgan fingerprint density at radius 2 is 1.54 bits per heavy atom. The summed E-state index contributed by atoms with van der Waals surface area (Å²) in [5, 5.41) is 0. The second-order valence-corrected chi connectivity index (χ2v) is 4.40. The molecule has 0 aromatic carbocycles. The molecule has 1 aliphatic rings. The summed E-state index contributed by atoms with van der Waals surface area (Å²) in [5.74, 6) is 0.998. The lowest BCUT2D eigenvalue weighted by Gasteiger charge is -1.91. The molecule has 0 amide bonds. The van der Waals surface area contributed by atoms with Crippen LogP contribution in [0.5, 0.6) is 0 Å². The fourth-order valence-corrected chi connectivity index (χ4v) is 0.730. The number of rotatable bonds is 1. The van der Waals surface area contributed by atoms with Crippen LogP contribution in [-0.2, 0) is 0 Å². The lowest BCUT2D eigenvalue weighted by molar-refractivity contribution is 0.586. The Labute approximate surface area is 85.4 Å². The van der Waals surface area contributed by atoms with E-state index in [1.54, 1.807) is 0 Å². The second-order valence-electron chi connectivity index (χ2n) is 4.40. The minimum Gasteiger partial charge on any atom is -0.100 e. The van der Waals surface area contributed by atoms with Crippen LogP contribution in [0.4, 0.5) is 0 Å². The number of hydrogen-bond donors (Lipinski definition) is 0. The smallest absolute Gasteiger partial charge is 0.0326 e. The molecule has 0 radical (unpaired) electrons. The summed E-state index contributed by atoms with van der Waals surface area (Å²) in [6, 6.07) is 0. The molecular weight excluding hydrogens is 156 g/mol. The summed E-state index contributed by atoms with van der Waals surface area (Å²) < 4.78 is 0. The molecule has 0 spiro atoms. The first-order chi connectivity index (χ1) is 5.90. The molecule has 0 saturated heterocycles. The van der Waals surface area contributed by atoms with Gasteiger partial charge in [0.15, 0.2) is 0 Å².